The Balaban J connectivity index is 2.47. The van der Waals surface area contributed by atoms with E-state index in [2.05, 4.69) is 0 Å². The van der Waals surface area contributed by atoms with E-state index in [4.69, 9.17) is 16.3 Å². The molecular weight excluding hydrogens is 188 g/mol. The van der Waals surface area contributed by atoms with Crippen LogP contribution in [0.3, 0.4) is 0 Å². The number of alkyl halides is 1. The van der Waals surface area contributed by atoms with Crippen LogP contribution in [0.2, 0.25) is 0 Å². The summed E-state index contributed by atoms with van der Waals surface area (Å²) in [6.07, 6.45) is 0.888. The number of hydrogen-bond acceptors (Lipinski definition) is 2. The molecule has 0 saturated heterocycles. The molecule has 0 fully saturated rings. The number of benzene rings is 1. The zero-order chi connectivity index (χ0) is 9.26. The van der Waals surface area contributed by atoms with Gasteiger partial charge in [-0.15, -0.1) is 11.6 Å². The van der Waals surface area contributed by atoms with E-state index < -0.39 is 0 Å². The van der Waals surface area contributed by atoms with Crippen LogP contribution in [-0.4, -0.2) is 18.3 Å². The molecule has 0 unspecified atom stereocenters. The monoisotopic (exact) mass is 196 g/mol. The van der Waals surface area contributed by atoms with Gasteiger partial charge in [0.2, 0.25) is 0 Å². The molecule has 2 nitrogen and oxygen atoms in total. The van der Waals surface area contributed by atoms with Crippen molar-refractivity contribution in [1.29, 1.82) is 0 Å². The average molecular weight is 197 g/mol. The first-order valence-corrected chi connectivity index (χ1v) is 4.70. The molecule has 68 valence electrons. The number of Topliss-reactive ketones (excluding diaryl/α,β-unsaturated/α-hetero) is 1. The van der Waals surface area contributed by atoms with Gasteiger partial charge in [0, 0.05) is 6.42 Å². The number of ketones is 1. The first kappa shape index (κ1) is 8.57. The van der Waals surface area contributed by atoms with Crippen LogP contribution in [0.4, 0.5) is 0 Å². The maximum atomic E-state index is 11.4. The molecule has 0 atom stereocenters. The van der Waals surface area contributed by atoms with E-state index in [1.807, 2.05) is 12.1 Å². The van der Waals surface area contributed by atoms with Crippen LogP contribution in [0.5, 0.6) is 5.75 Å². The van der Waals surface area contributed by atoms with Crippen LogP contribution < -0.4 is 4.74 Å². The Morgan fingerprint density at radius 1 is 1.54 bits per heavy atom. The topological polar surface area (TPSA) is 26.3 Å². The summed E-state index contributed by atoms with van der Waals surface area (Å²) in [4.78, 5) is 11.4. The van der Waals surface area contributed by atoms with Crippen molar-refractivity contribution in [2.75, 3.05) is 12.5 Å². The van der Waals surface area contributed by atoms with Gasteiger partial charge < -0.3 is 4.74 Å². The lowest BCUT2D eigenvalue weighted by atomic mass is 10.1. The standard InChI is InChI=1S/C10H9ClO2/c11-6-9(12)8-3-1-2-7-4-5-13-10(7)8/h1-3H,4-6H2. The maximum absolute atomic E-state index is 11.4. The van der Waals surface area contributed by atoms with Crippen molar-refractivity contribution in [3.8, 4) is 5.75 Å². The number of halogens is 1. The van der Waals surface area contributed by atoms with Crippen molar-refractivity contribution in [2.24, 2.45) is 0 Å². The fourth-order valence-electron chi connectivity index (χ4n) is 1.51. The Bertz CT molecular complexity index is 347. The second kappa shape index (κ2) is 3.38. The highest BCUT2D eigenvalue weighted by Gasteiger charge is 2.19. The molecule has 1 aromatic carbocycles. The van der Waals surface area contributed by atoms with Gasteiger partial charge in [-0.1, -0.05) is 12.1 Å². The van der Waals surface area contributed by atoms with Crippen LogP contribution in [0.1, 0.15) is 15.9 Å². The van der Waals surface area contributed by atoms with E-state index in [9.17, 15) is 4.79 Å². The van der Waals surface area contributed by atoms with Crippen LogP contribution in [-0.2, 0) is 6.42 Å². The lowest BCUT2D eigenvalue weighted by molar-refractivity contribution is 0.101. The van der Waals surface area contributed by atoms with Gasteiger partial charge in [0.15, 0.2) is 5.78 Å². The van der Waals surface area contributed by atoms with Gasteiger partial charge in [-0.05, 0) is 11.6 Å². The fraction of sp³-hybridized carbons (Fsp3) is 0.300. The number of carbonyl (C=O) groups excluding carboxylic acids is 1. The van der Waals surface area contributed by atoms with Crippen molar-refractivity contribution >= 4 is 17.4 Å². The summed E-state index contributed by atoms with van der Waals surface area (Å²) in [5, 5.41) is 0. The van der Waals surface area contributed by atoms with Gasteiger partial charge >= 0.3 is 0 Å². The first-order chi connectivity index (χ1) is 6.33. The molecule has 1 heterocycles. The van der Waals surface area contributed by atoms with Crippen molar-refractivity contribution in [1.82, 2.24) is 0 Å². The maximum Gasteiger partial charge on any atom is 0.181 e. The molecule has 0 bridgehead atoms. The normalized spacial score (nSPS) is 13.6. The second-order valence-electron chi connectivity index (χ2n) is 2.95. The first-order valence-electron chi connectivity index (χ1n) is 4.17. The third-order valence-corrected chi connectivity index (χ3v) is 2.38. The molecule has 13 heavy (non-hydrogen) atoms. The molecule has 0 radical (unpaired) electrons. The third-order valence-electron chi connectivity index (χ3n) is 2.14. The predicted molar refractivity (Wildman–Crippen MR) is 50.7 cm³/mol. The minimum atomic E-state index is -0.0691. The summed E-state index contributed by atoms with van der Waals surface area (Å²) in [5.74, 6) is 0.674. The lowest BCUT2D eigenvalue weighted by Crippen LogP contribution is -2.02. The number of ether oxygens (including phenoxy) is 1. The Labute approximate surface area is 81.5 Å². The molecule has 0 N–H and O–H groups in total. The molecule has 0 amide bonds. The Morgan fingerprint density at radius 2 is 2.38 bits per heavy atom. The van der Waals surface area contributed by atoms with E-state index in [1.54, 1.807) is 6.07 Å². The molecule has 0 aliphatic carbocycles. The highest BCUT2D eigenvalue weighted by atomic mass is 35.5. The summed E-state index contributed by atoms with van der Waals surface area (Å²) < 4.78 is 5.37. The Kier molecular flexibility index (Phi) is 2.23. The number of para-hydroxylation sites is 1. The van der Waals surface area contributed by atoms with Gasteiger partial charge in [0.25, 0.3) is 0 Å². The molecule has 1 aliphatic heterocycles. The van der Waals surface area contributed by atoms with Crippen LogP contribution in [0, 0.1) is 0 Å². The minimum absolute atomic E-state index is 0.0137. The number of rotatable bonds is 2. The smallest absolute Gasteiger partial charge is 0.181 e. The Morgan fingerprint density at radius 3 is 3.15 bits per heavy atom. The highest BCUT2D eigenvalue weighted by molar-refractivity contribution is 6.30. The van der Waals surface area contributed by atoms with E-state index >= 15 is 0 Å². The van der Waals surface area contributed by atoms with Crippen molar-refractivity contribution < 1.29 is 9.53 Å². The molecule has 0 saturated carbocycles. The summed E-state index contributed by atoms with van der Waals surface area (Å²) in [6.45, 7) is 0.669. The number of hydrogen-bond donors (Lipinski definition) is 0. The van der Waals surface area contributed by atoms with Gasteiger partial charge in [-0.3, -0.25) is 4.79 Å². The Hall–Kier alpha value is -1.02. The van der Waals surface area contributed by atoms with Crippen LogP contribution in [0.15, 0.2) is 18.2 Å². The minimum Gasteiger partial charge on any atom is -0.492 e. The van der Waals surface area contributed by atoms with E-state index in [1.165, 1.54) is 0 Å². The van der Waals surface area contributed by atoms with Crippen LogP contribution in [0.25, 0.3) is 0 Å². The zero-order valence-electron chi connectivity index (χ0n) is 7.05. The summed E-state index contributed by atoms with van der Waals surface area (Å²) in [6, 6.07) is 5.61. The largest absolute Gasteiger partial charge is 0.492 e. The van der Waals surface area contributed by atoms with Crippen molar-refractivity contribution in [2.45, 2.75) is 6.42 Å². The number of fused-ring (bicyclic) bond motifs is 1. The molecular formula is C10H9ClO2. The third kappa shape index (κ3) is 1.42. The van der Waals surface area contributed by atoms with Crippen molar-refractivity contribution in [3.63, 3.8) is 0 Å². The molecule has 2 rings (SSSR count). The quantitative estimate of drug-likeness (QED) is 0.535. The summed E-state index contributed by atoms with van der Waals surface area (Å²) in [7, 11) is 0. The molecule has 3 heteroatoms. The molecule has 1 aliphatic rings. The van der Waals surface area contributed by atoms with Crippen molar-refractivity contribution in [3.05, 3.63) is 29.3 Å². The molecule has 1 aromatic rings. The van der Waals surface area contributed by atoms with Gasteiger partial charge in [-0.25, -0.2) is 0 Å². The molecule has 0 aromatic heterocycles. The SMILES string of the molecule is O=C(CCl)c1cccc2c1OCC2. The zero-order valence-corrected chi connectivity index (χ0v) is 7.80. The van der Waals surface area contributed by atoms with Gasteiger partial charge in [-0.2, -0.15) is 0 Å². The van der Waals surface area contributed by atoms with E-state index in [-0.39, 0.29) is 11.7 Å². The van der Waals surface area contributed by atoms with E-state index in [0.717, 1.165) is 17.7 Å². The summed E-state index contributed by atoms with van der Waals surface area (Å²) in [5.41, 5.74) is 1.72. The predicted octanol–water partition coefficient (Wildman–Crippen LogP) is 2.04. The number of carbonyl (C=O) groups is 1. The molecule has 0 spiro atoms. The second-order valence-corrected chi connectivity index (χ2v) is 3.22. The fourth-order valence-corrected chi connectivity index (χ4v) is 1.65. The summed E-state index contributed by atoms with van der Waals surface area (Å²) >= 11 is 5.48. The van der Waals surface area contributed by atoms with Gasteiger partial charge in [0.05, 0.1) is 18.1 Å². The highest BCUT2D eigenvalue weighted by Crippen LogP contribution is 2.29. The van der Waals surface area contributed by atoms with E-state index in [0.29, 0.717) is 12.2 Å². The average Bonchev–Trinajstić information content (AvgIpc) is 2.63. The van der Waals surface area contributed by atoms with Gasteiger partial charge in [0.1, 0.15) is 5.75 Å². The lowest BCUT2D eigenvalue weighted by Gasteiger charge is -2.04. The van der Waals surface area contributed by atoms with Crippen LogP contribution >= 0.6 is 11.6 Å².